The summed E-state index contributed by atoms with van der Waals surface area (Å²) in [7, 11) is 0. The van der Waals surface area contributed by atoms with E-state index in [0.717, 1.165) is 37.5 Å². The van der Waals surface area contributed by atoms with E-state index in [2.05, 4.69) is 22.9 Å². The quantitative estimate of drug-likeness (QED) is 0.866. The zero-order chi connectivity index (χ0) is 12.3. The fourth-order valence-corrected chi connectivity index (χ4v) is 2.05. The van der Waals surface area contributed by atoms with E-state index in [0.29, 0.717) is 6.10 Å². The molecule has 17 heavy (non-hydrogen) atoms. The lowest BCUT2D eigenvalue weighted by molar-refractivity contribution is 0.0384. The van der Waals surface area contributed by atoms with Crippen LogP contribution in [0.3, 0.4) is 0 Å². The van der Waals surface area contributed by atoms with Crippen molar-refractivity contribution in [2.45, 2.75) is 32.4 Å². The maximum atomic E-state index is 5.79. The molecule has 4 nitrogen and oxygen atoms in total. The van der Waals surface area contributed by atoms with Gasteiger partial charge in [0.05, 0.1) is 30.3 Å². The summed E-state index contributed by atoms with van der Waals surface area (Å²) in [6.07, 6.45) is 3.32. The summed E-state index contributed by atoms with van der Waals surface area (Å²) in [5.74, 6) is 0. The molecule has 1 saturated heterocycles. The topological polar surface area (TPSA) is 51.4 Å². The molecule has 1 unspecified atom stereocenters. The standard InChI is InChI=1S/C13H21N3O/c1-3-12-9-16(6-7-17-12)11-4-5-13(10(2)14)15-8-11/h4-5,8,10,12H,3,6-7,9,14H2,1-2H3/t10-,12?/m0/s1. The molecule has 0 spiro atoms. The molecule has 2 heterocycles. The summed E-state index contributed by atoms with van der Waals surface area (Å²) in [6.45, 7) is 6.80. The van der Waals surface area contributed by atoms with E-state index < -0.39 is 0 Å². The summed E-state index contributed by atoms with van der Waals surface area (Å²) < 4.78 is 5.66. The molecule has 0 bridgehead atoms. The Morgan fingerprint density at radius 1 is 1.59 bits per heavy atom. The first-order chi connectivity index (χ1) is 8.20. The Morgan fingerprint density at radius 2 is 2.41 bits per heavy atom. The van der Waals surface area contributed by atoms with Crippen molar-refractivity contribution in [3.63, 3.8) is 0 Å². The first-order valence-electron chi connectivity index (χ1n) is 6.28. The predicted molar refractivity (Wildman–Crippen MR) is 69.1 cm³/mol. The molecule has 0 saturated carbocycles. The van der Waals surface area contributed by atoms with E-state index in [4.69, 9.17) is 10.5 Å². The van der Waals surface area contributed by atoms with Gasteiger partial charge in [-0.05, 0) is 25.5 Å². The maximum absolute atomic E-state index is 5.79. The molecule has 0 amide bonds. The molecule has 1 aromatic heterocycles. The van der Waals surface area contributed by atoms with Gasteiger partial charge in [0, 0.05) is 19.1 Å². The van der Waals surface area contributed by atoms with Crippen molar-refractivity contribution >= 4 is 5.69 Å². The molecular weight excluding hydrogens is 214 g/mol. The second-order valence-electron chi connectivity index (χ2n) is 4.58. The Morgan fingerprint density at radius 3 is 3.00 bits per heavy atom. The van der Waals surface area contributed by atoms with Crippen molar-refractivity contribution in [1.29, 1.82) is 0 Å². The Hall–Kier alpha value is -1.13. The van der Waals surface area contributed by atoms with Crippen molar-refractivity contribution in [3.05, 3.63) is 24.0 Å². The molecule has 2 N–H and O–H groups in total. The maximum Gasteiger partial charge on any atom is 0.0748 e. The molecule has 1 aromatic rings. The van der Waals surface area contributed by atoms with Crippen LogP contribution in [0.2, 0.25) is 0 Å². The minimum Gasteiger partial charge on any atom is -0.375 e. The van der Waals surface area contributed by atoms with E-state index in [1.165, 1.54) is 0 Å². The average Bonchev–Trinajstić information content (AvgIpc) is 2.39. The molecule has 1 fully saturated rings. The first-order valence-corrected chi connectivity index (χ1v) is 6.28. The summed E-state index contributed by atoms with van der Waals surface area (Å²) in [5, 5.41) is 0. The number of hydrogen-bond donors (Lipinski definition) is 1. The molecule has 94 valence electrons. The van der Waals surface area contributed by atoms with Gasteiger partial charge in [-0.25, -0.2) is 0 Å². The van der Waals surface area contributed by atoms with Crippen molar-refractivity contribution in [2.75, 3.05) is 24.6 Å². The van der Waals surface area contributed by atoms with Gasteiger partial charge in [0.1, 0.15) is 0 Å². The number of aromatic nitrogens is 1. The third kappa shape index (κ3) is 2.96. The molecule has 0 aromatic carbocycles. The highest BCUT2D eigenvalue weighted by Gasteiger charge is 2.19. The minimum atomic E-state index is -0.00266. The average molecular weight is 235 g/mol. The Bertz CT molecular complexity index is 350. The summed E-state index contributed by atoms with van der Waals surface area (Å²) in [4.78, 5) is 6.73. The highest BCUT2D eigenvalue weighted by atomic mass is 16.5. The van der Waals surface area contributed by atoms with Crippen LogP contribution >= 0.6 is 0 Å². The zero-order valence-electron chi connectivity index (χ0n) is 10.6. The summed E-state index contributed by atoms with van der Waals surface area (Å²) in [5.41, 5.74) is 7.89. The van der Waals surface area contributed by atoms with Gasteiger partial charge in [-0.15, -0.1) is 0 Å². The predicted octanol–water partition coefficient (Wildman–Crippen LogP) is 1.72. The SMILES string of the molecule is CCC1CN(c2ccc([C@H](C)N)nc2)CCO1. The van der Waals surface area contributed by atoms with Crippen molar-refractivity contribution < 1.29 is 4.74 Å². The van der Waals surface area contributed by atoms with Crippen molar-refractivity contribution in [2.24, 2.45) is 5.73 Å². The first kappa shape index (κ1) is 12.3. The monoisotopic (exact) mass is 235 g/mol. The summed E-state index contributed by atoms with van der Waals surface area (Å²) in [6, 6.07) is 4.11. The molecule has 0 radical (unpaired) electrons. The number of hydrogen-bond acceptors (Lipinski definition) is 4. The number of nitrogens with two attached hydrogens (primary N) is 1. The Kier molecular flexibility index (Phi) is 3.97. The largest absolute Gasteiger partial charge is 0.375 e. The number of anilines is 1. The van der Waals surface area contributed by atoms with Gasteiger partial charge in [-0.3, -0.25) is 4.98 Å². The van der Waals surface area contributed by atoms with Crippen LogP contribution in [0, 0.1) is 0 Å². The smallest absolute Gasteiger partial charge is 0.0748 e. The van der Waals surface area contributed by atoms with Gasteiger partial charge in [-0.1, -0.05) is 6.92 Å². The van der Waals surface area contributed by atoms with Crippen LogP contribution in [0.1, 0.15) is 32.0 Å². The lowest BCUT2D eigenvalue weighted by Crippen LogP contribution is -2.42. The lowest BCUT2D eigenvalue weighted by Gasteiger charge is -2.34. The normalized spacial score (nSPS) is 22.5. The van der Waals surface area contributed by atoms with E-state index in [1.807, 2.05) is 19.2 Å². The third-order valence-corrected chi connectivity index (χ3v) is 3.20. The van der Waals surface area contributed by atoms with Crippen molar-refractivity contribution in [3.8, 4) is 0 Å². The fourth-order valence-electron chi connectivity index (χ4n) is 2.05. The van der Waals surface area contributed by atoms with Gasteiger partial charge in [-0.2, -0.15) is 0 Å². The van der Waals surface area contributed by atoms with Crippen molar-refractivity contribution in [1.82, 2.24) is 4.98 Å². The molecule has 2 rings (SSSR count). The zero-order valence-corrected chi connectivity index (χ0v) is 10.6. The highest BCUT2D eigenvalue weighted by molar-refractivity contribution is 5.45. The fraction of sp³-hybridized carbons (Fsp3) is 0.615. The van der Waals surface area contributed by atoms with Crippen LogP contribution in [0.15, 0.2) is 18.3 Å². The van der Waals surface area contributed by atoms with Crippen LogP contribution in [0.5, 0.6) is 0 Å². The Labute approximate surface area is 103 Å². The molecule has 2 atom stereocenters. The van der Waals surface area contributed by atoms with Crippen LogP contribution < -0.4 is 10.6 Å². The second-order valence-corrected chi connectivity index (χ2v) is 4.58. The van der Waals surface area contributed by atoms with Gasteiger partial charge in [0.15, 0.2) is 0 Å². The number of pyridine rings is 1. The van der Waals surface area contributed by atoms with Crippen LogP contribution in [-0.2, 0) is 4.74 Å². The van der Waals surface area contributed by atoms with Crippen LogP contribution in [0.4, 0.5) is 5.69 Å². The molecule has 1 aliphatic rings. The van der Waals surface area contributed by atoms with Crippen LogP contribution in [0.25, 0.3) is 0 Å². The van der Waals surface area contributed by atoms with Gasteiger partial charge >= 0.3 is 0 Å². The molecule has 0 aliphatic carbocycles. The van der Waals surface area contributed by atoms with Gasteiger partial charge < -0.3 is 15.4 Å². The Balaban J connectivity index is 2.06. The number of rotatable bonds is 3. The number of morpholine rings is 1. The number of nitrogens with zero attached hydrogens (tertiary/aromatic N) is 2. The van der Waals surface area contributed by atoms with E-state index in [-0.39, 0.29) is 6.04 Å². The van der Waals surface area contributed by atoms with E-state index in [1.54, 1.807) is 0 Å². The second kappa shape index (κ2) is 5.47. The van der Waals surface area contributed by atoms with Gasteiger partial charge in [0.2, 0.25) is 0 Å². The summed E-state index contributed by atoms with van der Waals surface area (Å²) >= 11 is 0. The molecule has 4 heteroatoms. The molecular formula is C13H21N3O. The number of ether oxygens (including phenoxy) is 1. The minimum absolute atomic E-state index is 0.00266. The highest BCUT2D eigenvalue weighted by Crippen LogP contribution is 2.19. The van der Waals surface area contributed by atoms with Crippen LogP contribution in [-0.4, -0.2) is 30.8 Å². The van der Waals surface area contributed by atoms with Gasteiger partial charge in [0.25, 0.3) is 0 Å². The third-order valence-electron chi connectivity index (χ3n) is 3.20. The molecule has 1 aliphatic heterocycles. The van der Waals surface area contributed by atoms with E-state index in [9.17, 15) is 0 Å². The lowest BCUT2D eigenvalue weighted by atomic mass is 10.2. The van der Waals surface area contributed by atoms with E-state index >= 15 is 0 Å².